The van der Waals surface area contributed by atoms with E-state index in [0.717, 1.165) is 15.6 Å². The van der Waals surface area contributed by atoms with E-state index in [0.29, 0.717) is 5.56 Å². The summed E-state index contributed by atoms with van der Waals surface area (Å²) in [7, 11) is 0. The molecule has 0 atom stereocenters. The lowest BCUT2D eigenvalue weighted by Gasteiger charge is -2.10. The first-order valence-electron chi connectivity index (χ1n) is 4.12. The molecule has 0 unspecified atom stereocenters. The molecule has 14 heavy (non-hydrogen) atoms. The van der Waals surface area contributed by atoms with E-state index in [4.69, 9.17) is 5.11 Å². The highest BCUT2D eigenvalue weighted by molar-refractivity contribution is 9.10. The van der Waals surface area contributed by atoms with Crippen LogP contribution in [0.1, 0.15) is 16.7 Å². The molecule has 1 aromatic carbocycles. The van der Waals surface area contributed by atoms with Gasteiger partial charge in [0.1, 0.15) is 5.75 Å². The predicted octanol–water partition coefficient (Wildman–Crippen LogP) is 2.40. The number of halogens is 1. The fourth-order valence-corrected chi connectivity index (χ4v) is 1.80. The van der Waals surface area contributed by atoms with Gasteiger partial charge in [0, 0.05) is 10.0 Å². The molecule has 0 fully saturated rings. The van der Waals surface area contributed by atoms with Crippen LogP contribution in [0.2, 0.25) is 0 Å². The van der Waals surface area contributed by atoms with Gasteiger partial charge >= 0.3 is 5.97 Å². The number of carboxylic acids is 1. The molecule has 0 amide bonds. The third-order valence-electron chi connectivity index (χ3n) is 2.22. The molecule has 0 bridgehead atoms. The van der Waals surface area contributed by atoms with Crippen LogP contribution in [0.25, 0.3) is 0 Å². The van der Waals surface area contributed by atoms with Crippen molar-refractivity contribution < 1.29 is 15.0 Å². The maximum atomic E-state index is 10.5. The molecule has 0 heterocycles. The van der Waals surface area contributed by atoms with Crippen LogP contribution >= 0.6 is 15.9 Å². The molecule has 0 aliphatic heterocycles. The molecule has 1 aromatic rings. The fourth-order valence-electron chi connectivity index (χ4n) is 1.22. The van der Waals surface area contributed by atoms with Crippen molar-refractivity contribution in [2.75, 3.05) is 0 Å². The van der Waals surface area contributed by atoms with Gasteiger partial charge in [0.2, 0.25) is 0 Å². The Balaban J connectivity index is 3.25. The van der Waals surface area contributed by atoms with Crippen molar-refractivity contribution in [2.45, 2.75) is 20.3 Å². The number of phenols is 1. The average molecular weight is 259 g/mol. The van der Waals surface area contributed by atoms with E-state index in [1.165, 1.54) is 0 Å². The van der Waals surface area contributed by atoms with E-state index in [9.17, 15) is 9.90 Å². The number of rotatable bonds is 2. The van der Waals surface area contributed by atoms with E-state index >= 15 is 0 Å². The number of benzene rings is 1. The van der Waals surface area contributed by atoms with E-state index in [-0.39, 0.29) is 12.2 Å². The Hall–Kier alpha value is -1.03. The number of phenolic OH excluding ortho intramolecular Hbond substituents is 1. The van der Waals surface area contributed by atoms with E-state index < -0.39 is 5.97 Å². The van der Waals surface area contributed by atoms with E-state index in [2.05, 4.69) is 15.9 Å². The molecule has 0 radical (unpaired) electrons. The van der Waals surface area contributed by atoms with Gasteiger partial charge in [0.15, 0.2) is 0 Å². The second-order valence-electron chi connectivity index (χ2n) is 3.19. The summed E-state index contributed by atoms with van der Waals surface area (Å²) in [6.07, 6.45) is -0.161. The van der Waals surface area contributed by atoms with Crippen molar-refractivity contribution in [2.24, 2.45) is 0 Å². The Kier molecular flexibility index (Phi) is 3.16. The van der Waals surface area contributed by atoms with Gasteiger partial charge in [-0.2, -0.15) is 0 Å². The van der Waals surface area contributed by atoms with Crippen LogP contribution in [-0.2, 0) is 11.2 Å². The van der Waals surface area contributed by atoms with Gasteiger partial charge in [-0.25, -0.2) is 0 Å². The van der Waals surface area contributed by atoms with Crippen LogP contribution in [-0.4, -0.2) is 16.2 Å². The molecule has 0 aliphatic carbocycles. The molecule has 2 N–H and O–H groups in total. The zero-order chi connectivity index (χ0) is 10.9. The van der Waals surface area contributed by atoms with Crippen molar-refractivity contribution in [3.63, 3.8) is 0 Å². The van der Waals surface area contributed by atoms with Crippen LogP contribution in [0, 0.1) is 13.8 Å². The monoisotopic (exact) mass is 258 g/mol. The van der Waals surface area contributed by atoms with Gasteiger partial charge in [-0.1, -0.05) is 15.9 Å². The summed E-state index contributed by atoms with van der Waals surface area (Å²) < 4.78 is 0.823. The summed E-state index contributed by atoms with van der Waals surface area (Å²) in [6, 6.07) is 1.64. The summed E-state index contributed by atoms with van der Waals surface area (Å²) in [4.78, 5) is 10.5. The summed E-state index contributed by atoms with van der Waals surface area (Å²) >= 11 is 3.32. The minimum absolute atomic E-state index is 0.0769. The Morgan fingerprint density at radius 1 is 1.43 bits per heavy atom. The SMILES string of the molecule is Cc1c(Br)cc(CC(=O)O)c(O)c1C. The zero-order valence-corrected chi connectivity index (χ0v) is 9.55. The van der Waals surface area contributed by atoms with E-state index in [1.807, 2.05) is 6.92 Å². The lowest BCUT2D eigenvalue weighted by atomic mass is 10.0. The standard InChI is InChI=1S/C10H11BrO3/c1-5-6(2)10(14)7(3-8(5)11)4-9(12)13/h3,14H,4H2,1-2H3,(H,12,13). The first-order chi connectivity index (χ1) is 6.43. The third-order valence-corrected chi connectivity index (χ3v) is 3.05. The maximum absolute atomic E-state index is 10.5. The number of hydrogen-bond acceptors (Lipinski definition) is 2. The summed E-state index contributed by atoms with van der Waals surface area (Å²) in [5, 5.41) is 18.3. The van der Waals surface area contributed by atoms with Crippen molar-refractivity contribution >= 4 is 21.9 Å². The number of aliphatic carboxylic acids is 1. The minimum atomic E-state index is -0.949. The van der Waals surface area contributed by atoms with Gasteiger partial charge in [0.05, 0.1) is 6.42 Å². The van der Waals surface area contributed by atoms with Crippen molar-refractivity contribution in [1.29, 1.82) is 0 Å². The van der Waals surface area contributed by atoms with Crippen molar-refractivity contribution in [3.8, 4) is 5.75 Å². The smallest absolute Gasteiger partial charge is 0.307 e. The van der Waals surface area contributed by atoms with Crippen LogP contribution in [0.4, 0.5) is 0 Å². The molecule has 0 aromatic heterocycles. The van der Waals surface area contributed by atoms with Gasteiger partial charge in [-0.3, -0.25) is 4.79 Å². The van der Waals surface area contributed by atoms with Gasteiger partial charge < -0.3 is 10.2 Å². The van der Waals surface area contributed by atoms with Crippen molar-refractivity contribution in [3.05, 3.63) is 27.2 Å². The second kappa shape index (κ2) is 4.00. The predicted molar refractivity (Wildman–Crippen MR) is 56.6 cm³/mol. The van der Waals surface area contributed by atoms with E-state index in [1.54, 1.807) is 13.0 Å². The Morgan fingerprint density at radius 3 is 2.50 bits per heavy atom. The highest BCUT2D eigenvalue weighted by atomic mass is 79.9. The first kappa shape index (κ1) is 11.0. The molecule has 0 saturated carbocycles. The van der Waals surface area contributed by atoms with Crippen LogP contribution < -0.4 is 0 Å². The molecule has 0 saturated heterocycles. The molecule has 0 spiro atoms. The number of hydrogen-bond donors (Lipinski definition) is 2. The maximum Gasteiger partial charge on any atom is 0.307 e. The third kappa shape index (κ3) is 2.07. The quantitative estimate of drug-likeness (QED) is 0.857. The largest absolute Gasteiger partial charge is 0.507 e. The second-order valence-corrected chi connectivity index (χ2v) is 4.04. The summed E-state index contributed by atoms with van der Waals surface area (Å²) in [6.45, 7) is 3.63. The van der Waals surface area contributed by atoms with Gasteiger partial charge in [-0.05, 0) is 31.0 Å². The normalized spacial score (nSPS) is 10.2. The molecule has 4 heteroatoms. The fraction of sp³-hybridized carbons (Fsp3) is 0.300. The molecular formula is C10H11BrO3. The topological polar surface area (TPSA) is 57.5 Å². The Labute approximate surface area is 90.5 Å². The molecule has 76 valence electrons. The number of carboxylic acid groups (broad SMARTS) is 1. The zero-order valence-electron chi connectivity index (χ0n) is 7.97. The molecular weight excluding hydrogens is 248 g/mol. The lowest BCUT2D eigenvalue weighted by Crippen LogP contribution is -2.02. The molecule has 3 nitrogen and oxygen atoms in total. The van der Waals surface area contributed by atoms with Crippen molar-refractivity contribution in [1.82, 2.24) is 0 Å². The first-order valence-corrected chi connectivity index (χ1v) is 4.92. The minimum Gasteiger partial charge on any atom is -0.507 e. The molecule has 1 rings (SSSR count). The van der Waals surface area contributed by atoms with Gasteiger partial charge in [0.25, 0.3) is 0 Å². The Morgan fingerprint density at radius 2 is 2.00 bits per heavy atom. The van der Waals surface area contributed by atoms with Crippen LogP contribution in [0.15, 0.2) is 10.5 Å². The number of aromatic hydroxyl groups is 1. The highest BCUT2D eigenvalue weighted by Crippen LogP contribution is 2.31. The Bertz CT molecular complexity index is 385. The number of carbonyl (C=O) groups is 1. The highest BCUT2D eigenvalue weighted by Gasteiger charge is 2.12. The van der Waals surface area contributed by atoms with Crippen LogP contribution in [0.5, 0.6) is 5.75 Å². The summed E-state index contributed by atoms with van der Waals surface area (Å²) in [5.74, 6) is -0.872. The molecule has 0 aliphatic rings. The average Bonchev–Trinajstić information content (AvgIpc) is 2.10. The summed E-state index contributed by atoms with van der Waals surface area (Å²) in [5.41, 5.74) is 2.08. The van der Waals surface area contributed by atoms with Gasteiger partial charge in [-0.15, -0.1) is 0 Å². The van der Waals surface area contributed by atoms with Crippen LogP contribution in [0.3, 0.4) is 0 Å². The lowest BCUT2D eigenvalue weighted by molar-refractivity contribution is -0.136.